The Balaban J connectivity index is 0.00000176. The highest BCUT2D eigenvalue weighted by Gasteiger charge is 2.23. The fraction of sp³-hybridized carbons (Fsp3) is 0.294. The first-order valence-corrected chi connectivity index (χ1v) is 14.4. The normalized spacial score (nSPS) is 16.0. The molecular formula is C34H36Cl2N4O2-2. The zero-order valence-electron chi connectivity index (χ0n) is 23.5. The van der Waals surface area contributed by atoms with Gasteiger partial charge in [-0.05, 0) is 24.3 Å². The van der Waals surface area contributed by atoms with Gasteiger partial charge in [-0.15, -0.1) is 0 Å². The molecule has 0 amide bonds. The van der Waals surface area contributed by atoms with Crippen molar-refractivity contribution in [1.82, 2.24) is 18.9 Å². The summed E-state index contributed by atoms with van der Waals surface area (Å²) in [6, 6.07) is 33.8. The third-order valence-corrected chi connectivity index (χ3v) is 8.55. The number of benzene rings is 4. The van der Waals surface area contributed by atoms with E-state index in [-0.39, 0.29) is 24.8 Å². The van der Waals surface area contributed by atoms with Crippen molar-refractivity contribution in [3.63, 3.8) is 0 Å². The van der Waals surface area contributed by atoms with Crippen LogP contribution in [-0.4, -0.2) is 80.6 Å². The van der Waals surface area contributed by atoms with Crippen LogP contribution in [0.25, 0.3) is 43.6 Å². The second kappa shape index (κ2) is 13.0. The number of para-hydroxylation sites is 4. The molecule has 7 rings (SSSR count). The summed E-state index contributed by atoms with van der Waals surface area (Å²) >= 11 is 0. The van der Waals surface area contributed by atoms with Gasteiger partial charge in [0, 0.05) is 82.9 Å². The molecule has 2 atom stereocenters. The highest BCUT2D eigenvalue weighted by Crippen LogP contribution is 2.30. The smallest absolute Gasteiger partial charge is 0.0845 e. The molecule has 2 aromatic heterocycles. The van der Waals surface area contributed by atoms with Gasteiger partial charge < -0.3 is 44.2 Å². The average Bonchev–Trinajstić information content (AvgIpc) is 3.47. The maximum absolute atomic E-state index is 11.1. The zero-order chi connectivity index (χ0) is 27.1. The molecule has 0 radical (unpaired) electrons. The molecule has 2 unspecified atom stereocenters. The molecule has 3 heterocycles. The first kappa shape index (κ1) is 30.4. The maximum Gasteiger partial charge on any atom is 0.0845 e. The van der Waals surface area contributed by atoms with E-state index in [0.717, 1.165) is 26.2 Å². The third-order valence-electron chi connectivity index (χ3n) is 8.55. The summed E-state index contributed by atoms with van der Waals surface area (Å²) in [6.45, 7) is 6.03. The van der Waals surface area contributed by atoms with E-state index in [0.29, 0.717) is 26.2 Å². The predicted octanol–water partition coefficient (Wildman–Crippen LogP) is -1.05. The van der Waals surface area contributed by atoms with Crippen LogP contribution in [0.2, 0.25) is 0 Å². The summed E-state index contributed by atoms with van der Waals surface area (Å²) in [5.41, 5.74) is 4.68. The van der Waals surface area contributed by atoms with Crippen molar-refractivity contribution in [3.8, 4) is 0 Å². The van der Waals surface area contributed by atoms with Crippen LogP contribution in [0.5, 0.6) is 0 Å². The van der Waals surface area contributed by atoms with Crippen LogP contribution in [0.3, 0.4) is 0 Å². The first-order valence-electron chi connectivity index (χ1n) is 14.4. The van der Waals surface area contributed by atoms with E-state index in [1.54, 1.807) is 0 Å². The van der Waals surface area contributed by atoms with Crippen LogP contribution >= 0.6 is 0 Å². The lowest BCUT2D eigenvalue weighted by atomic mass is 10.2. The number of aliphatic hydroxyl groups excluding tert-OH is 2. The van der Waals surface area contributed by atoms with Gasteiger partial charge in [-0.3, -0.25) is 9.80 Å². The van der Waals surface area contributed by atoms with Crippen molar-refractivity contribution < 1.29 is 35.0 Å². The second-order valence-electron chi connectivity index (χ2n) is 11.2. The van der Waals surface area contributed by atoms with Gasteiger partial charge in [-0.25, -0.2) is 0 Å². The van der Waals surface area contributed by atoms with E-state index < -0.39 is 12.2 Å². The number of rotatable bonds is 8. The number of hydrogen-bond acceptors (Lipinski definition) is 4. The lowest BCUT2D eigenvalue weighted by Gasteiger charge is -2.36. The number of β-amino-alcohol motifs (C(OH)–C–C–N with tert-alkyl or cyclic N) is 2. The van der Waals surface area contributed by atoms with Crippen LogP contribution in [0.1, 0.15) is 0 Å². The number of fused-ring (bicyclic) bond motifs is 6. The molecule has 0 saturated carbocycles. The summed E-state index contributed by atoms with van der Waals surface area (Å²) in [5.74, 6) is 0. The van der Waals surface area contributed by atoms with Crippen molar-refractivity contribution >= 4 is 43.6 Å². The molecule has 6 nitrogen and oxygen atoms in total. The van der Waals surface area contributed by atoms with Gasteiger partial charge in [0.25, 0.3) is 0 Å². The Morgan fingerprint density at radius 1 is 0.429 bits per heavy atom. The van der Waals surface area contributed by atoms with Gasteiger partial charge in [-0.2, -0.15) is 0 Å². The molecule has 1 aliphatic heterocycles. The van der Waals surface area contributed by atoms with E-state index in [1.807, 2.05) is 0 Å². The minimum atomic E-state index is -0.452. The predicted molar refractivity (Wildman–Crippen MR) is 164 cm³/mol. The summed E-state index contributed by atoms with van der Waals surface area (Å²) < 4.78 is 4.52. The van der Waals surface area contributed by atoms with Gasteiger partial charge in [0.1, 0.15) is 0 Å². The standard InChI is InChI=1S/C34H36N4O2.2ClH/c39-25(23-37-31-13-5-1-9-27(31)28-10-2-6-14-32(28)37)21-35-17-19-36(20-18-35)22-26(40)24-38-33-15-7-3-11-29(33)30-12-4-8-16-34(30)38;;/h1-16,25-26,39-40H,17-24H2;2*1H/p-2. The van der Waals surface area contributed by atoms with E-state index in [2.05, 4.69) is 116 Å². The zero-order valence-corrected chi connectivity index (χ0v) is 25.0. The van der Waals surface area contributed by atoms with Crippen LogP contribution in [0, 0.1) is 0 Å². The quantitative estimate of drug-likeness (QED) is 0.233. The Morgan fingerprint density at radius 3 is 0.976 bits per heavy atom. The molecular weight excluding hydrogens is 567 g/mol. The van der Waals surface area contributed by atoms with Crippen LogP contribution in [0.15, 0.2) is 97.1 Å². The van der Waals surface area contributed by atoms with Crippen LogP contribution in [0.4, 0.5) is 0 Å². The Hall–Kier alpha value is -3.10. The summed E-state index contributed by atoms with van der Waals surface area (Å²) in [4.78, 5) is 4.71. The van der Waals surface area contributed by atoms with Crippen molar-refractivity contribution in [2.45, 2.75) is 25.3 Å². The SMILES string of the molecule is OC(CN1CCN(CC(O)Cn2c3ccccc3c3ccccc32)CC1)Cn1c2ccccc2c2ccccc21.[Cl-].[Cl-]. The lowest BCUT2D eigenvalue weighted by molar-refractivity contribution is -0.001000. The topological polar surface area (TPSA) is 56.8 Å². The number of piperazine rings is 1. The van der Waals surface area contributed by atoms with E-state index in [9.17, 15) is 10.2 Å². The van der Waals surface area contributed by atoms with Gasteiger partial charge in [0.15, 0.2) is 0 Å². The third kappa shape index (κ3) is 5.76. The Labute approximate surface area is 258 Å². The van der Waals surface area contributed by atoms with Crippen LogP contribution in [-0.2, 0) is 13.1 Å². The maximum atomic E-state index is 11.1. The molecule has 0 bridgehead atoms. The minimum Gasteiger partial charge on any atom is -1.00 e. The molecule has 220 valence electrons. The molecule has 0 spiro atoms. The van der Waals surface area contributed by atoms with Gasteiger partial charge in [-0.1, -0.05) is 72.8 Å². The molecule has 42 heavy (non-hydrogen) atoms. The molecule has 4 aromatic carbocycles. The molecule has 1 saturated heterocycles. The summed E-state index contributed by atoms with van der Waals surface area (Å²) in [7, 11) is 0. The van der Waals surface area contributed by atoms with Crippen molar-refractivity contribution in [2.75, 3.05) is 39.3 Å². The monoisotopic (exact) mass is 602 g/mol. The van der Waals surface area contributed by atoms with E-state index in [1.165, 1.54) is 43.6 Å². The first-order chi connectivity index (χ1) is 19.7. The highest BCUT2D eigenvalue weighted by molar-refractivity contribution is 6.08. The molecule has 0 aliphatic carbocycles. The number of aliphatic hydroxyl groups is 2. The highest BCUT2D eigenvalue weighted by atomic mass is 35.5. The Morgan fingerprint density at radius 2 is 0.690 bits per heavy atom. The van der Waals surface area contributed by atoms with Crippen molar-refractivity contribution in [1.29, 1.82) is 0 Å². The molecule has 8 heteroatoms. The number of hydrogen-bond donors (Lipinski definition) is 2. The molecule has 2 N–H and O–H groups in total. The number of nitrogens with zero attached hydrogens (tertiary/aromatic N) is 4. The number of aromatic nitrogens is 2. The Bertz CT molecular complexity index is 1550. The Kier molecular flexibility index (Phi) is 9.43. The number of halogens is 2. The van der Waals surface area contributed by atoms with E-state index in [4.69, 9.17) is 0 Å². The lowest BCUT2D eigenvalue weighted by Crippen LogP contribution is -3.00. The second-order valence-corrected chi connectivity index (χ2v) is 11.2. The van der Waals surface area contributed by atoms with Crippen molar-refractivity contribution in [2.24, 2.45) is 0 Å². The molecule has 6 aromatic rings. The molecule has 1 aliphatic rings. The van der Waals surface area contributed by atoms with Crippen molar-refractivity contribution in [3.05, 3.63) is 97.1 Å². The summed E-state index contributed by atoms with van der Waals surface area (Å²) in [5, 5.41) is 27.1. The average molecular weight is 604 g/mol. The summed E-state index contributed by atoms with van der Waals surface area (Å²) in [6.07, 6.45) is -0.904. The fourth-order valence-electron chi connectivity index (χ4n) is 6.69. The largest absolute Gasteiger partial charge is 1.00 e. The minimum absolute atomic E-state index is 0. The van der Waals surface area contributed by atoms with Crippen LogP contribution < -0.4 is 24.8 Å². The van der Waals surface area contributed by atoms with Gasteiger partial charge >= 0.3 is 0 Å². The van der Waals surface area contributed by atoms with Gasteiger partial charge in [0.05, 0.1) is 25.3 Å². The molecule has 1 fully saturated rings. The fourth-order valence-corrected chi connectivity index (χ4v) is 6.69. The van der Waals surface area contributed by atoms with E-state index >= 15 is 0 Å². The van der Waals surface area contributed by atoms with Gasteiger partial charge in [0.2, 0.25) is 0 Å².